The highest BCUT2D eigenvalue weighted by atomic mass is 32.2. The maximum Gasteiger partial charge on any atom is 0.198 e. The summed E-state index contributed by atoms with van der Waals surface area (Å²) in [5.41, 5.74) is 6.93. The van der Waals surface area contributed by atoms with Crippen molar-refractivity contribution in [2.45, 2.75) is 17.2 Å². The fourth-order valence-electron chi connectivity index (χ4n) is 1.89. The molecule has 0 saturated heterocycles. The van der Waals surface area contributed by atoms with Crippen molar-refractivity contribution in [2.24, 2.45) is 5.73 Å². The molecule has 2 aromatic rings. The highest BCUT2D eigenvalue weighted by molar-refractivity contribution is 7.91. The van der Waals surface area contributed by atoms with Gasteiger partial charge in [-0.15, -0.1) is 0 Å². The zero-order valence-corrected chi connectivity index (χ0v) is 12.6. The summed E-state index contributed by atoms with van der Waals surface area (Å²) < 4.78 is 30.0. The molecule has 0 spiro atoms. The van der Waals surface area contributed by atoms with Crippen molar-refractivity contribution in [3.8, 4) is 11.5 Å². The molecular weight excluding hydrogens is 290 g/mol. The molecule has 1 atom stereocenters. The summed E-state index contributed by atoms with van der Waals surface area (Å²) in [6.07, 6.45) is 0. The maximum absolute atomic E-state index is 12.5. The lowest BCUT2D eigenvalue weighted by Crippen LogP contribution is -2.22. The van der Waals surface area contributed by atoms with Crippen LogP contribution in [0.3, 0.4) is 0 Å². The van der Waals surface area contributed by atoms with Gasteiger partial charge in [0.05, 0.1) is 12.0 Å². The Kier molecular flexibility index (Phi) is 4.20. The summed E-state index contributed by atoms with van der Waals surface area (Å²) in [6, 6.07) is 10.7. The van der Waals surface area contributed by atoms with Gasteiger partial charge >= 0.3 is 0 Å². The van der Waals surface area contributed by atoms with Crippen molar-refractivity contribution in [1.82, 2.24) is 0 Å². The molecule has 21 heavy (non-hydrogen) atoms. The Balaban J connectivity index is 2.39. The molecule has 5 nitrogen and oxygen atoms in total. The van der Waals surface area contributed by atoms with Crippen LogP contribution in [0.2, 0.25) is 0 Å². The Hall–Kier alpha value is -2.05. The standard InChI is InChI=1S/C15H17NO4S/c1-10-3-8-13(9-14(10)17)21(18,19)15(16)11-4-6-12(20-2)7-5-11/h3-9,15,17H,16H2,1-2H3. The van der Waals surface area contributed by atoms with E-state index in [-0.39, 0.29) is 10.6 Å². The lowest BCUT2D eigenvalue weighted by molar-refractivity contribution is 0.414. The average molecular weight is 307 g/mol. The first kappa shape index (κ1) is 15.3. The fourth-order valence-corrected chi connectivity index (χ4v) is 3.23. The average Bonchev–Trinajstić information content (AvgIpc) is 2.49. The Bertz CT molecular complexity index is 739. The topological polar surface area (TPSA) is 89.6 Å². The molecule has 0 amide bonds. The van der Waals surface area contributed by atoms with Gasteiger partial charge in [-0.2, -0.15) is 0 Å². The van der Waals surface area contributed by atoms with E-state index in [1.807, 2.05) is 0 Å². The number of phenols is 1. The zero-order valence-electron chi connectivity index (χ0n) is 11.8. The Morgan fingerprint density at radius 2 is 1.76 bits per heavy atom. The molecule has 0 aliphatic heterocycles. The third-order valence-electron chi connectivity index (χ3n) is 3.29. The summed E-state index contributed by atoms with van der Waals surface area (Å²) >= 11 is 0. The second kappa shape index (κ2) is 5.75. The van der Waals surface area contributed by atoms with Crippen molar-refractivity contribution < 1.29 is 18.3 Å². The maximum atomic E-state index is 12.5. The van der Waals surface area contributed by atoms with E-state index in [0.717, 1.165) is 0 Å². The van der Waals surface area contributed by atoms with Crippen LogP contribution >= 0.6 is 0 Å². The minimum absolute atomic E-state index is 0.00563. The van der Waals surface area contributed by atoms with E-state index >= 15 is 0 Å². The number of aryl methyl sites for hydroxylation is 1. The van der Waals surface area contributed by atoms with Crippen LogP contribution in [0.1, 0.15) is 16.5 Å². The normalized spacial score (nSPS) is 12.9. The van der Waals surface area contributed by atoms with E-state index in [4.69, 9.17) is 10.5 Å². The molecule has 0 radical (unpaired) electrons. The lowest BCUT2D eigenvalue weighted by atomic mass is 10.2. The monoisotopic (exact) mass is 307 g/mol. The summed E-state index contributed by atoms with van der Waals surface area (Å²) in [4.78, 5) is -0.00563. The van der Waals surface area contributed by atoms with Crippen LogP contribution in [0.5, 0.6) is 11.5 Å². The summed E-state index contributed by atoms with van der Waals surface area (Å²) in [5, 5.41) is 8.46. The quantitative estimate of drug-likeness (QED) is 0.903. The molecule has 2 rings (SSSR count). The van der Waals surface area contributed by atoms with Crippen LogP contribution in [0.25, 0.3) is 0 Å². The summed E-state index contributed by atoms with van der Waals surface area (Å²) in [5.74, 6) is 0.550. The van der Waals surface area contributed by atoms with Gasteiger partial charge in [-0.25, -0.2) is 8.42 Å². The molecule has 0 aliphatic carbocycles. The summed E-state index contributed by atoms with van der Waals surface area (Å²) in [6.45, 7) is 1.69. The van der Waals surface area contributed by atoms with E-state index in [9.17, 15) is 13.5 Å². The van der Waals surface area contributed by atoms with Gasteiger partial charge in [-0.1, -0.05) is 18.2 Å². The number of benzene rings is 2. The Morgan fingerprint density at radius 3 is 2.29 bits per heavy atom. The molecule has 0 aliphatic rings. The van der Waals surface area contributed by atoms with Gasteiger partial charge < -0.3 is 15.6 Å². The van der Waals surface area contributed by atoms with Crippen LogP contribution in [-0.2, 0) is 9.84 Å². The van der Waals surface area contributed by atoms with E-state index in [2.05, 4.69) is 0 Å². The molecule has 0 saturated carbocycles. The Morgan fingerprint density at radius 1 is 1.14 bits per heavy atom. The molecule has 0 fully saturated rings. The van der Waals surface area contributed by atoms with Crippen molar-refractivity contribution in [3.05, 3.63) is 53.6 Å². The van der Waals surface area contributed by atoms with Crippen LogP contribution < -0.4 is 10.5 Å². The van der Waals surface area contributed by atoms with E-state index in [1.54, 1.807) is 37.3 Å². The van der Waals surface area contributed by atoms with Gasteiger partial charge in [0.25, 0.3) is 0 Å². The highest BCUT2D eigenvalue weighted by Gasteiger charge is 2.26. The first-order chi connectivity index (χ1) is 9.86. The Labute approximate surface area is 123 Å². The predicted molar refractivity (Wildman–Crippen MR) is 80.0 cm³/mol. The fraction of sp³-hybridized carbons (Fsp3) is 0.200. The van der Waals surface area contributed by atoms with Crippen molar-refractivity contribution >= 4 is 9.84 Å². The number of aromatic hydroxyl groups is 1. The number of hydrogen-bond acceptors (Lipinski definition) is 5. The minimum atomic E-state index is -3.77. The van der Waals surface area contributed by atoms with Crippen LogP contribution in [0, 0.1) is 6.92 Å². The smallest absolute Gasteiger partial charge is 0.198 e. The minimum Gasteiger partial charge on any atom is -0.508 e. The molecular formula is C15H17NO4S. The molecule has 6 heteroatoms. The second-order valence-electron chi connectivity index (χ2n) is 4.69. The number of phenolic OH excluding ortho intramolecular Hbond substituents is 1. The van der Waals surface area contributed by atoms with Crippen LogP contribution in [-0.4, -0.2) is 20.6 Å². The molecule has 0 bridgehead atoms. The van der Waals surface area contributed by atoms with Crippen molar-refractivity contribution in [1.29, 1.82) is 0 Å². The third-order valence-corrected chi connectivity index (χ3v) is 5.14. The molecule has 3 N–H and O–H groups in total. The number of sulfone groups is 1. The SMILES string of the molecule is COc1ccc(C(N)S(=O)(=O)c2ccc(C)c(O)c2)cc1. The van der Waals surface area contributed by atoms with Gasteiger partial charge in [-0.3, -0.25) is 0 Å². The molecule has 0 aromatic heterocycles. The van der Waals surface area contributed by atoms with Gasteiger partial charge in [-0.05, 0) is 42.3 Å². The molecule has 1 unspecified atom stereocenters. The molecule has 0 heterocycles. The van der Waals surface area contributed by atoms with Gasteiger partial charge in [0.1, 0.15) is 16.9 Å². The summed E-state index contributed by atoms with van der Waals surface area (Å²) in [7, 11) is -2.25. The van der Waals surface area contributed by atoms with Crippen LogP contribution in [0.15, 0.2) is 47.4 Å². The van der Waals surface area contributed by atoms with E-state index in [1.165, 1.54) is 19.2 Å². The first-order valence-electron chi connectivity index (χ1n) is 6.29. The van der Waals surface area contributed by atoms with Gasteiger partial charge in [0, 0.05) is 0 Å². The van der Waals surface area contributed by atoms with E-state index < -0.39 is 15.2 Å². The molecule has 2 aromatic carbocycles. The number of nitrogens with two attached hydrogens (primary N) is 1. The number of ether oxygens (including phenoxy) is 1. The number of methoxy groups -OCH3 is 1. The van der Waals surface area contributed by atoms with Crippen molar-refractivity contribution in [3.63, 3.8) is 0 Å². The number of hydrogen-bond donors (Lipinski definition) is 2. The molecule has 112 valence electrons. The number of rotatable bonds is 4. The van der Waals surface area contributed by atoms with E-state index in [0.29, 0.717) is 16.9 Å². The van der Waals surface area contributed by atoms with Crippen molar-refractivity contribution in [2.75, 3.05) is 7.11 Å². The van der Waals surface area contributed by atoms with Gasteiger partial charge in [0.2, 0.25) is 0 Å². The van der Waals surface area contributed by atoms with Crippen LogP contribution in [0.4, 0.5) is 0 Å². The first-order valence-corrected chi connectivity index (χ1v) is 7.84. The zero-order chi connectivity index (χ0) is 15.6. The third kappa shape index (κ3) is 3.01. The largest absolute Gasteiger partial charge is 0.508 e. The highest BCUT2D eigenvalue weighted by Crippen LogP contribution is 2.29. The second-order valence-corrected chi connectivity index (χ2v) is 6.76. The predicted octanol–water partition coefficient (Wildman–Crippen LogP) is 2.14. The van der Waals surface area contributed by atoms with Gasteiger partial charge in [0.15, 0.2) is 9.84 Å². The lowest BCUT2D eigenvalue weighted by Gasteiger charge is -2.14.